The van der Waals surface area contributed by atoms with Crippen LogP contribution in [0.4, 0.5) is 4.79 Å². The molecule has 0 unspecified atom stereocenters. The van der Waals surface area contributed by atoms with Crippen LogP contribution in [-0.4, -0.2) is 29.6 Å². The van der Waals surface area contributed by atoms with Crippen molar-refractivity contribution >= 4 is 6.03 Å². The Morgan fingerprint density at radius 3 is 2.62 bits per heavy atom. The summed E-state index contributed by atoms with van der Waals surface area (Å²) in [6.45, 7) is 13.9. The average molecular weight is 224 g/mol. The third kappa shape index (κ3) is 3.87. The molecule has 1 heterocycles. The SMILES string of the molecule is C=C1CCN(C(=O)NC(C)(C)C)CC[C@@H]1C. The Hall–Kier alpha value is -0.990. The summed E-state index contributed by atoms with van der Waals surface area (Å²) in [5, 5.41) is 3.00. The minimum Gasteiger partial charge on any atom is -0.333 e. The second-order valence-electron chi connectivity index (χ2n) is 5.77. The van der Waals surface area contributed by atoms with Crippen molar-refractivity contribution in [1.82, 2.24) is 10.2 Å². The van der Waals surface area contributed by atoms with Gasteiger partial charge in [-0.15, -0.1) is 0 Å². The van der Waals surface area contributed by atoms with Crippen LogP contribution < -0.4 is 5.32 Å². The Labute approximate surface area is 98.9 Å². The summed E-state index contributed by atoms with van der Waals surface area (Å²) < 4.78 is 0. The van der Waals surface area contributed by atoms with Gasteiger partial charge in [0.15, 0.2) is 0 Å². The lowest BCUT2D eigenvalue weighted by atomic mass is 9.98. The minimum atomic E-state index is -0.161. The van der Waals surface area contributed by atoms with E-state index in [-0.39, 0.29) is 11.6 Å². The molecular weight excluding hydrogens is 200 g/mol. The van der Waals surface area contributed by atoms with Crippen LogP contribution in [0, 0.1) is 5.92 Å². The van der Waals surface area contributed by atoms with Crippen molar-refractivity contribution in [2.75, 3.05) is 13.1 Å². The summed E-state index contributed by atoms with van der Waals surface area (Å²) in [7, 11) is 0. The fourth-order valence-corrected chi connectivity index (χ4v) is 1.79. The summed E-state index contributed by atoms with van der Waals surface area (Å²) in [5.74, 6) is 0.535. The lowest BCUT2D eigenvalue weighted by molar-refractivity contribution is 0.190. The fourth-order valence-electron chi connectivity index (χ4n) is 1.79. The number of nitrogens with one attached hydrogen (secondary N) is 1. The predicted molar refractivity (Wildman–Crippen MR) is 67.4 cm³/mol. The van der Waals surface area contributed by atoms with E-state index < -0.39 is 0 Å². The Balaban J connectivity index is 2.55. The van der Waals surface area contributed by atoms with Gasteiger partial charge in [-0.1, -0.05) is 19.1 Å². The number of likely N-dealkylation sites (tertiary alicyclic amines) is 1. The smallest absolute Gasteiger partial charge is 0.317 e. The molecule has 92 valence electrons. The van der Waals surface area contributed by atoms with Gasteiger partial charge in [-0.3, -0.25) is 0 Å². The summed E-state index contributed by atoms with van der Waals surface area (Å²) in [6.07, 6.45) is 1.95. The van der Waals surface area contributed by atoms with Gasteiger partial charge in [0.25, 0.3) is 0 Å². The Morgan fingerprint density at radius 1 is 1.44 bits per heavy atom. The predicted octanol–water partition coefficient (Wildman–Crippen LogP) is 2.78. The molecule has 3 nitrogen and oxygen atoms in total. The summed E-state index contributed by atoms with van der Waals surface area (Å²) in [4.78, 5) is 13.9. The molecule has 0 aromatic heterocycles. The maximum atomic E-state index is 12.0. The van der Waals surface area contributed by atoms with Crippen LogP contribution in [0.1, 0.15) is 40.5 Å². The van der Waals surface area contributed by atoms with Crippen molar-refractivity contribution < 1.29 is 4.79 Å². The lowest BCUT2D eigenvalue weighted by Gasteiger charge is -2.27. The van der Waals surface area contributed by atoms with Crippen molar-refractivity contribution in [2.45, 2.75) is 46.1 Å². The number of carbonyl (C=O) groups excluding carboxylic acids is 1. The number of urea groups is 1. The number of carbonyl (C=O) groups is 1. The van der Waals surface area contributed by atoms with Crippen LogP contribution in [0.5, 0.6) is 0 Å². The van der Waals surface area contributed by atoms with Crippen molar-refractivity contribution in [3.05, 3.63) is 12.2 Å². The number of hydrogen-bond donors (Lipinski definition) is 1. The number of amides is 2. The lowest BCUT2D eigenvalue weighted by Crippen LogP contribution is -2.48. The van der Waals surface area contributed by atoms with E-state index in [1.807, 2.05) is 25.7 Å². The molecule has 1 fully saturated rings. The summed E-state index contributed by atoms with van der Waals surface area (Å²) in [5.41, 5.74) is 1.11. The molecule has 1 saturated heterocycles. The van der Waals surface area contributed by atoms with Gasteiger partial charge in [-0.2, -0.15) is 0 Å². The third-order valence-corrected chi connectivity index (χ3v) is 3.00. The Kier molecular flexibility index (Phi) is 4.00. The standard InChI is InChI=1S/C13H24N2O/c1-10-6-8-15(9-7-11(10)2)12(16)14-13(3,4)5/h11H,1,6-9H2,2-5H3,(H,14,16)/t11-/m0/s1. The van der Waals surface area contributed by atoms with Crippen LogP contribution >= 0.6 is 0 Å². The molecule has 1 aliphatic heterocycles. The van der Waals surface area contributed by atoms with Gasteiger partial charge in [0.05, 0.1) is 0 Å². The first kappa shape index (κ1) is 13.1. The van der Waals surface area contributed by atoms with E-state index >= 15 is 0 Å². The van der Waals surface area contributed by atoms with Gasteiger partial charge in [0.2, 0.25) is 0 Å². The molecule has 2 amide bonds. The van der Waals surface area contributed by atoms with Crippen LogP contribution in [0.3, 0.4) is 0 Å². The largest absolute Gasteiger partial charge is 0.333 e. The van der Waals surface area contributed by atoms with Crippen LogP contribution in [0.2, 0.25) is 0 Å². The van der Waals surface area contributed by atoms with E-state index in [9.17, 15) is 4.79 Å². The topological polar surface area (TPSA) is 32.3 Å². The minimum absolute atomic E-state index is 0.0504. The molecule has 0 aliphatic carbocycles. The molecule has 0 bridgehead atoms. The van der Waals surface area contributed by atoms with E-state index in [2.05, 4.69) is 18.8 Å². The molecule has 1 atom stereocenters. The molecule has 0 radical (unpaired) electrons. The maximum Gasteiger partial charge on any atom is 0.317 e. The van der Waals surface area contributed by atoms with E-state index in [0.717, 1.165) is 25.9 Å². The van der Waals surface area contributed by atoms with Crippen molar-refractivity contribution in [3.63, 3.8) is 0 Å². The monoisotopic (exact) mass is 224 g/mol. The first-order valence-electron chi connectivity index (χ1n) is 6.04. The van der Waals surface area contributed by atoms with Gasteiger partial charge in [-0.05, 0) is 39.5 Å². The maximum absolute atomic E-state index is 12.0. The highest BCUT2D eigenvalue weighted by Crippen LogP contribution is 2.21. The molecule has 0 saturated carbocycles. The van der Waals surface area contributed by atoms with E-state index in [4.69, 9.17) is 0 Å². The summed E-state index contributed by atoms with van der Waals surface area (Å²) in [6, 6.07) is 0.0504. The average Bonchev–Trinajstić information content (AvgIpc) is 2.28. The molecular formula is C13H24N2O. The zero-order valence-corrected chi connectivity index (χ0v) is 11.0. The quantitative estimate of drug-likeness (QED) is 0.630. The first-order valence-corrected chi connectivity index (χ1v) is 6.04. The summed E-state index contributed by atoms with van der Waals surface area (Å²) >= 11 is 0. The zero-order valence-electron chi connectivity index (χ0n) is 11.0. The highest BCUT2D eigenvalue weighted by molar-refractivity contribution is 5.75. The van der Waals surface area contributed by atoms with Gasteiger partial charge in [-0.25, -0.2) is 4.79 Å². The van der Waals surface area contributed by atoms with Crippen molar-refractivity contribution in [1.29, 1.82) is 0 Å². The van der Waals surface area contributed by atoms with Gasteiger partial charge < -0.3 is 10.2 Å². The zero-order chi connectivity index (χ0) is 12.3. The molecule has 1 rings (SSSR count). The normalized spacial score (nSPS) is 22.9. The molecule has 0 aromatic rings. The number of nitrogens with zero attached hydrogens (tertiary/aromatic N) is 1. The molecule has 0 aromatic carbocycles. The van der Waals surface area contributed by atoms with Gasteiger partial charge >= 0.3 is 6.03 Å². The number of rotatable bonds is 0. The highest BCUT2D eigenvalue weighted by atomic mass is 16.2. The highest BCUT2D eigenvalue weighted by Gasteiger charge is 2.23. The van der Waals surface area contributed by atoms with Crippen molar-refractivity contribution in [2.24, 2.45) is 5.92 Å². The molecule has 1 N–H and O–H groups in total. The molecule has 16 heavy (non-hydrogen) atoms. The molecule has 0 spiro atoms. The van der Waals surface area contributed by atoms with E-state index in [1.54, 1.807) is 0 Å². The molecule has 3 heteroatoms. The number of hydrogen-bond acceptors (Lipinski definition) is 1. The first-order chi connectivity index (χ1) is 7.29. The Morgan fingerprint density at radius 2 is 2.06 bits per heavy atom. The van der Waals surface area contributed by atoms with Crippen LogP contribution in [0.15, 0.2) is 12.2 Å². The second kappa shape index (κ2) is 4.89. The van der Waals surface area contributed by atoms with Gasteiger partial charge in [0, 0.05) is 18.6 Å². The van der Waals surface area contributed by atoms with E-state index in [1.165, 1.54) is 5.57 Å². The fraction of sp³-hybridized carbons (Fsp3) is 0.769. The van der Waals surface area contributed by atoms with Crippen LogP contribution in [0.25, 0.3) is 0 Å². The van der Waals surface area contributed by atoms with Crippen molar-refractivity contribution in [3.8, 4) is 0 Å². The van der Waals surface area contributed by atoms with Crippen LogP contribution in [-0.2, 0) is 0 Å². The second-order valence-corrected chi connectivity index (χ2v) is 5.77. The third-order valence-electron chi connectivity index (χ3n) is 3.00. The Bertz CT molecular complexity index is 278. The van der Waals surface area contributed by atoms with Gasteiger partial charge in [0.1, 0.15) is 0 Å². The van der Waals surface area contributed by atoms with E-state index in [0.29, 0.717) is 5.92 Å². The molecule has 1 aliphatic rings.